The van der Waals surface area contributed by atoms with Gasteiger partial charge in [-0.05, 0) is 31.7 Å². The number of hydrogen-bond acceptors (Lipinski definition) is 3. The van der Waals surface area contributed by atoms with Crippen molar-refractivity contribution in [3.8, 4) is 0 Å². The number of rotatable bonds is 7. The third-order valence-electron chi connectivity index (χ3n) is 4.20. The second-order valence-corrected chi connectivity index (χ2v) is 5.40. The van der Waals surface area contributed by atoms with Gasteiger partial charge in [0.05, 0.1) is 6.61 Å². The molecule has 17 heavy (non-hydrogen) atoms. The summed E-state index contributed by atoms with van der Waals surface area (Å²) in [4.78, 5) is 2.47. The molecular weight excluding hydrogens is 212 g/mol. The van der Waals surface area contributed by atoms with E-state index in [-0.39, 0.29) is 0 Å². The van der Waals surface area contributed by atoms with Crippen molar-refractivity contribution >= 4 is 0 Å². The molecule has 1 saturated heterocycles. The Balaban J connectivity index is 2.43. The summed E-state index contributed by atoms with van der Waals surface area (Å²) in [6.07, 6.45) is 4.98. The zero-order valence-electron chi connectivity index (χ0n) is 11.8. The van der Waals surface area contributed by atoms with Gasteiger partial charge in [-0.25, -0.2) is 0 Å². The van der Waals surface area contributed by atoms with Crippen molar-refractivity contribution in [2.75, 3.05) is 33.4 Å². The van der Waals surface area contributed by atoms with E-state index >= 15 is 0 Å². The largest absolute Gasteiger partial charge is 0.381 e. The smallest absolute Gasteiger partial charge is 0.0506 e. The average Bonchev–Trinajstić information content (AvgIpc) is 2.36. The molecule has 2 unspecified atom stereocenters. The molecule has 102 valence electrons. The first kappa shape index (κ1) is 14.9. The van der Waals surface area contributed by atoms with Gasteiger partial charge in [0.2, 0.25) is 0 Å². The van der Waals surface area contributed by atoms with E-state index in [9.17, 15) is 0 Å². The molecule has 2 N–H and O–H groups in total. The summed E-state index contributed by atoms with van der Waals surface area (Å²) < 4.78 is 5.55. The third-order valence-corrected chi connectivity index (χ3v) is 4.20. The van der Waals surface area contributed by atoms with Crippen LogP contribution in [0.1, 0.15) is 39.5 Å². The molecule has 3 nitrogen and oxygen atoms in total. The quantitative estimate of drug-likeness (QED) is 0.743. The van der Waals surface area contributed by atoms with E-state index in [1.54, 1.807) is 0 Å². The molecule has 2 atom stereocenters. The maximum atomic E-state index is 5.96. The first-order chi connectivity index (χ1) is 8.22. The first-order valence-corrected chi connectivity index (χ1v) is 7.20. The van der Waals surface area contributed by atoms with Crippen LogP contribution in [0.5, 0.6) is 0 Å². The number of ether oxygens (including phenoxy) is 1. The topological polar surface area (TPSA) is 38.5 Å². The molecule has 0 aromatic rings. The fourth-order valence-electron chi connectivity index (χ4n) is 3.06. The molecule has 0 bridgehead atoms. The number of likely N-dealkylation sites (N-methyl/N-ethyl adjacent to an activating group) is 1. The van der Waals surface area contributed by atoms with Gasteiger partial charge in [-0.1, -0.05) is 26.7 Å². The highest BCUT2D eigenvalue weighted by Crippen LogP contribution is 2.20. The standard InChI is InChI=1S/C14H30N2O/c1-4-13(5-2)14(9-15)16(3)10-12-7-6-8-17-11-12/h12-14H,4-11,15H2,1-3H3. The molecular formula is C14H30N2O. The van der Waals surface area contributed by atoms with Crippen molar-refractivity contribution in [1.82, 2.24) is 4.90 Å². The Morgan fingerprint density at radius 3 is 2.53 bits per heavy atom. The van der Waals surface area contributed by atoms with Gasteiger partial charge in [-0.3, -0.25) is 0 Å². The van der Waals surface area contributed by atoms with Crippen molar-refractivity contribution < 1.29 is 4.74 Å². The van der Waals surface area contributed by atoms with Crippen LogP contribution < -0.4 is 5.73 Å². The second kappa shape index (κ2) is 8.06. The normalized spacial score (nSPS) is 23.3. The molecule has 1 fully saturated rings. The van der Waals surface area contributed by atoms with Crippen LogP contribution in [0.2, 0.25) is 0 Å². The monoisotopic (exact) mass is 242 g/mol. The highest BCUT2D eigenvalue weighted by Gasteiger charge is 2.24. The Hall–Kier alpha value is -0.120. The summed E-state index contributed by atoms with van der Waals surface area (Å²) in [5, 5.41) is 0. The molecule has 3 heteroatoms. The molecule has 0 aliphatic carbocycles. The lowest BCUT2D eigenvalue weighted by Gasteiger charge is -2.36. The fourth-order valence-corrected chi connectivity index (χ4v) is 3.06. The van der Waals surface area contributed by atoms with Crippen LogP contribution in [0, 0.1) is 11.8 Å². The Morgan fingerprint density at radius 1 is 1.35 bits per heavy atom. The van der Waals surface area contributed by atoms with Crippen LogP contribution in [-0.4, -0.2) is 44.3 Å². The van der Waals surface area contributed by atoms with Gasteiger partial charge in [0, 0.05) is 25.7 Å². The minimum atomic E-state index is 0.534. The number of nitrogens with zero attached hydrogens (tertiary/aromatic N) is 1. The summed E-state index contributed by atoms with van der Waals surface area (Å²) in [6.45, 7) is 8.34. The molecule has 1 aliphatic heterocycles. The number of nitrogens with two attached hydrogens (primary N) is 1. The Bertz CT molecular complexity index is 189. The van der Waals surface area contributed by atoms with Crippen molar-refractivity contribution in [2.45, 2.75) is 45.6 Å². The summed E-state index contributed by atoms with van der Waals surface area (Å²) in [6, 6.07) is 0.534. The van der Waals surface area contributed by atoms with Crippen LogP contribution in [0.4, 0.5) is 0 Å². The minimum Gasteiger partial charge on any atom is -0.381 e. The minimum absolute atomic E-state index is 0.534. The van der Waals surface area contributed by atoms with Crippen molar-refractivity contribution in [3.05, 3.63) is 0 Å². The first-order valence-electron chi connectivity index (χ1n) is 7.20. The van der Waals surface area contributed by atoms with Crippen LogP contribution >= 0.6 is 0 Å². The van der Waals surface area contributed by atoms with E-state index in [0.29, 0.717) is 12.0 Å². The lowest BCUT2D eigenvalue weighted by molar-refractivity contribution is 0.0312. The van der Waals surface area contributed by atoms with Crippen LogP contribution in [-0.2, 0) is 4.74 Å². The van der Waals surface area contributed by atoms with Gasteiger partial charge < -0.3 is 15.4 Å². The van der Waals surface area contributed by atoms with Gasteiger partial charge in [-0.15, -0.1) is 0 Å². The summed E-state index contributed by atoms with van der Waals surface area (Å²) in [5.41, 5.74) is 5.96. The van der Waals surface area contributed by atoms with Crippen molar-refractivity contribution in [3.63, 3.8) is 0 Å². The van der Waals surface area contributed by atoms with E-state index < -0.39 is 0 Å². The van der Waals surface area contributed by atoms with E-state index in [4.69, 9.17) is 10.5 Å². The molecule has 0 saturated carbocycles. The van der Waals surface area contributed by atoms with Crippen molar-refractivity contribution in [1.29, 1.82) is 0 Å². The molecule has 0 radical (unpaired) electrons. The maximum absolute atomic E-state index is 5.96. The maximum Gasteiger partial charge on any atom is 0.0506 e. The predicted molar refractivity (Wildman–Crippen MR) is 73.1 cm³/mol. The Kier molecular flexibility index (Phi) is 7.09. The van der Waals surface area contributed by atoms with Gasteiger partial charge in [0.15, 0.2) is 0 Å². The average molecular weight is 242 g/mol. The molecule has 1 aliphatic rings. The molecule has 1 rings (SSSR count). The van der Waals surface area contributed by atoms with Gasteiger partial charge >= 0.3 is 0 Å². The number of hydrogen-bond donors (Lipinski definition) is 1. The SMILES string of the molecule is CCC(CC)C(CN)N(C)CC1CCCOC1. The summed E-state index contributed by atoms with van der Waals surface area (Å²) in [5.74, 6) is 1.44. The highest BCUT2D eigenvalue weighted by molar-refractivity contribution is 4.79. The molecule has 0 aromatic carbocycles. The van der Waals surface area contributed by atoms with Crippen LogP contribution in [0.15, 0.2) is 0 Å². The van der Waals surface area contributed by atoms with Crippen LogP contribution in [0.3, 0.4) is 0 Å². The second-order valence-electron chi connectivity index (χ2n) is 5.40. The van der Waals surface area contributed by atoms with E-state index in [2.05, 4.69) is 25.8 Å². The zero-order chi connectivity index (χ0) is 12.7. The van der Waals surface area contributed by atoms with Gasteiger partial charge in [0.1, 0.15) is 0 Å². The van der Waals surface area contributed by atoms with E-state index in [1.807, 2.05) is 0 Å². The lowest BCUT2D eigenvalue weighted by Crippen LogP contribution is -2.46. The Labute approximate surface area is 107 Å². The lowest BCUT2D eigenvalue weighted by atomic mass is 9.92. The van der Waals surface area contributed by atoms with Gasteiger partial charge in [-0.2, -0.15) is 0 Å². The summed E-state index contributed by atoms with van der Waals surface area (Å²) >= 11 is 0. The van der Waals surface area contributed by atoms with Gasteiger partial charge in [0.25, 0.3) is 0 Å². The molecule has 0 amide bonds. The summed E-state index contributed by atoms with van der Waals surface area (Å²) in [7, 11) is 2.23. The van der Waals surface area contributed by atoms with E-state index in [0.717, 1.165) is 32.2 Å². The zero-order valence-corrected chi connectivity index (χ0v) is 11.8. The predicted octanol–water partition coefficient (Wildman–Crippen LogP) is 2.11. The fraction of sp³-hybridized carbons (Fsp3) is 1.00. The van der Waals surface area contributed by atoms with Crippen LogP contribution in [0.25, 0.3) is 0 Å². The van der Waals surface area contributed by atoms with E-state index in [1.165, 1.54) is 25.7 Å². The Morgan fingerprint density at radius 2 is 2.06 bits per heavy atom. The highest BCUT2D eigenvalue weighted by atomic mass is 16.5. The molecule has 0 spiro atoms. The molecule has 0 aromatic heterocycles. The molecule has 1 heterocycles. The third kappa shape index (κ3) is 4.57. The van der Waals surface area contributed by atoms with Crippen molar-refractivity contribution in [2.24, 2.45) is 17.6 Å².